The second kappa shape index (κ2) is 7.73. The first-order chi connectivity index (χ1) is 15.2. The van der Waals surface area contributed by atoms with E-state index in [1.165, 1.54) is 28.9 Å². The van der Waals surface area contributed by atoms with Crippen molar-refractivity contribution in [1.29, 1.82) is 0 Å². The average Bonchev–Trinajstić information content (AvgIpc) is 3.55. The zero-order valence-corrected chi connectivity index (χ0v) is 19.3. The Kier molecular flexibility index (Phi) is 4.73. The van der Waals surface area contributed by atoms with E-state index in [9.17, 15) is 4.79 Å². The summed E-state index contributed by atoms with van der Waals surface area (Å²) in [5.74, 6) is 0. The van der Waals surface area contributed by atoms with E-state index in [2.05, 4.69) is 47.9 Å². The molecule has 5 heterocycles. The zero-order valence-electron chi connectivity index (χ0n) is 16.0. The van der Waals surface area contributed by atoms with Crippen molar-refractivity contribution in [1.82, 2.24) is 0 Å². The van der Waals surface area contributed by atoms with Gasteiger partial charge in [-0.15, -0.1) is 45.3 Å². The highest BCUT2D eigenvalue weighted by Gasteiger charge is 2.13. The minimum atomic E-state index is -0.290. The normalized spacial score (nSPS) is 11.9. The molecule has 0 N–H and O–H groups in total. The molecule has 5 aromatic heterocycles. The highest BCUT2D eigenvalue weighted by molar-refractivity contribution is 7.31. The maximum atomic E-state index is 12.5. The number of fused-ring (bicyclic) bond motifs is 2. The van der Waals surface area contributed by atoms with Gasteiger partial charge in [-0.05, 0) is 60.0 Å². The fourth-order valence-corrected chi connectivity index (χ4v) is 7.48. The quantitative estimate of drug-likeness (QED) is 0.239. The van der Waals surface area contributed by atoms with Gasteiger partial charge < -0.3 is 4.42 Å². The van der Waals surface area contributed by atoms with E-state index >= 15 is 0 Å². The minimum absolute atomic E-state index is 0.290. The lowest BCUT2D eigenvalue weighted by Crippen LogP contribution is -2.01. The maximum absolute atomic E-state index is 12.5. The Morgan fingerprint density at radius 1 is 0.710 bits per heavy atom. The molecule has 0 spiro atoms. The largest absolute Gasteiger partial charge is 0.422 e. The lowest BCUT2D eigenvalue weighted by Gasteiger charge is -1.99. The van der Waals surface area contributed by atoms with Crippen molar-refractivity contribution in [2.45, 2.75) is 0 Å². The first-order valence-electron chi connectivity index (χ1n) is 9.61. The summed E-state index contributed by atoms with van der Waals surface area (Å²) in [4.78, 5) is 18.4. The van der Waals surface area contributed by atoms with Crippen molar-refractivity contribution < 1.29 is 4.42 Å². The summed E-state index contributed by atoms with van der Waals surface area (Å²) in [5.41, 5.74) is 0.950. The van der Waals surface area contributed by atoms with Gasteiger partial charge in [0.15, 0.2) is 0 Å². The van der Waals surface area contributed by atoms with Gasteiger partial charge in [-0.1, -0.05) is 24.3 Å². The topological polar surface area (TPSA) is 30.2 Å². The molecule has 6 rings (SSSR count). The van der Waals surface area contributed by atoms with Crippen LogP contribution in [0, 0.1) is 0 Å². The predicted molar refractivity (Wildman–Crippen MR) is 138 cm³/mol. The number of hydrogen-bond acceptors (Lipinski definition) is 6. The van der Waals surface area contributed by atoms with E-state index in [0.29, 0.717) is 11.1 Å². The Labute approximate surface area is 194 Å². The van der Waals surface area contributed by atoms with Gasteiger partial charge in [0.1, 0.15) is 5.58 Å². The Morgan fingerprint density at radius 3 is 2.42 bits per heavy atom. The van der Waals surface area contributed by atoms with Crippen molar-refractivity contribution in [2.75, 3.05) is 0 Å². The average molecular weight is 475 g/mol. The van der Waals surface area contributed by atoms with Crippen molar-refractivity contribution in [3.63, 3.8) is 0 Å². The molecule has 0 radical (unpaired) electrons. The monoisotopic (exact) mass is 474 g/mol. The number of thiophene rings is 4. The molecule has 0 saturated heterocycles. The molecular formula is C25H14O2S4. The Morgan fingerprint density at radius 2 is 1.55 bits per heavy atom. The first-order valence-corrected chi connectivity index (χ1v) is 12.9. The number of benzene rings is 1. The number of hydrogen-bond donors (Lipinski definition) is 0. The van der Waals surface area contributed by atoms with Gasteiger partial charge in [-0.25, -0.2) is 4.79 Å². The van der Waals surface area contributed by atoms with Crippen molar-refractivity contribution in [2.24, 2.45) is 0 Å². The van der Waals surface area contributed by atoms with Gasteiger partial charge in [-0.2, -0.15) is 0 Å². The summed E-state index contributed by atoms with van der Waals surface area (Å²) >= 11 is 6.99. The molecule has 0 fully saturated rings. The van der Waals surface area contributed by atoms with Crippen molar-refractivity contribution >= 4 is 77.9 Å². The van der Waals surface area contributed by atoms with Gasteiger partial charge in [-0.3, -0.25) is 0 Å². The molecule has 0 atom stereocenters. The summed E-state index contributed by atoms with van der Waals surface area (Å²) in [5, 5.41) is 3.03. The Bertz CT molecular complexity index is 1570. The summed E-state index contributed by atoms with van der Waals surface area (Å²) in [7, 11) is 0. The summed E-state index contributed by atoms with van der Waals surface area (Å²) in [6.45, 7) is 0. The van der Waals surface area contributed by atoms with Crippen LogP contribution in [0.4, 0.5) is 0 Å². The molecule has 6 heteroatoms. The fraction of sp³-hybridized carbons (Fsp3) is 0. The first kappa shape index (κ1) is 19.0. The standard InChI is InChI=1S/C25H14O2S4/c26-25-18(12-15-4-1-2-6-19(15)27-25)20-9-10-21(30-20)23-14-24-22(31-23)13-17(29-24)8-7-16-5-3-11-28-16/h1-14H. The zero-order chi connectivity index (χ0) is 20.8. The van der Waals surface area contributed by atoms with Gasteiger partial charge >= 0.3 is 5.63 Å². The number of rotatable bonds is 4. The third kappa shape index (κ3) is 3.62. The van der Waals surface area contributed by atoms with Crippen LogP contribution in [0.5, 0.6) is 0 Å². The van der Waals surface area contributed by atoms with Crippen LogP contribution in [-0.2, 0) is 0 Å². The van der Waals surface area contributed by atoms with Crippen molar-refractivity contribution in [3.05, 3.63) is 92.3 Å². The molecule has 0 saturated carbocycles. The highest BCUT2D eigenvalue weighted by atomic mass is 32.1. The molecule has 1 aromatic carbocycles. The molecular weight excluding hydrogens is 461 g/mol. The predicted octanol–water partition coefficient (Wildman–Crippen LogP) is 8.70. The molecule has 31 heavy (non-hydrogen) atoms. The van der Waals surface area contributed by atoms with Crippen LogP contribution < -0.4 is 5.63 Å². The van der Waals surface area contributed by atoms with Crippen LogP contribution >= 0.6 is 45.3 Å². The lowest BCUT2D eigenvalue weighted by molar-refractivity contribution is 0.564. The molecule has 150 valence electrons. The highest BCUT2D eigenvalue weighted by Crippen LogP contribution is 2.42. The molecule has 6 aromatic rings. The van der Waals surface area contributed by atoms with Crippen LogP contribution in [0.2, 0.25) is 0 Å². The maximum Gasteiger partial charge on any atom is 0.345 e. The fourth-order valence-electron chi connectivity index (χ4n) is 3.46. The van der Waals surface area contributed by atoms with Crippen LogP contribution in [0.3, 0.4) is 0 Å². The molecule has 0 unspecified atom stereocenters. The third-order valence-corrected chi connectivity index (χ3v) is 9.35. The smallest absolute Gasteiger partial charge is 0.345 e. The van der Waals surface area contributed by atoms with Gasteiger partial charge in [0.05, 0.1) is 5.56 Å². The number of para-hydroxylation sites is 1. The lowest BCUT2D eigenvalue weighted by atomic mass is 10.1. The van der Waals surface area contributed by atoms with E-state index < -0.39 is 0 Å². The molecule has 2 nitrogen and oxygen atoms in total. The van der Waals surface area contributed by atoms with Gasteiger partial charge in [0.2, 0.25) is 0 Å². The van der Waals surface area contributed by atoms with Crippen LogP contribution in [-0.4, -0.2) is 0 Å². The van der Waals surface area contributed by atoms with Crippen LogP contribution in [0.25, 0.3) is 52.7 Å². The summed E-state index contributed by atoms with van der Waals surface area (Å²) in [6.07, 6.45) is 4.35. The SMILES string of the molecule is O=c1oc2ccccc2cc1-c1ccc(-c2cc3sc(C=Cc4cccs4)cc3s2)s1. The van der Waals surface area contributed by atoms with E-state index in [1.54, 1.807) is 34.0 Å². The molecule has 0 amide bonds. The summed E-state index contributed by atoms with van der Waals surface area (Å²) < 4.78 is 8.10. The van der Waals surface area contributed by atoms with Crippen molar-refractivity contribution in [3.8, 4) is 20.2 Å². The van der Waals surface area contributed by atoms with Gasteiger partial charge in [0, 0.05) is 39.2 Å². The van der Waals surface area contributed by atoms with E-state index in [0.717, 1.165) is 10.3 Å². The van der Waals surface area contributed by atoms with E-state index in [1.807, 2.05) is 47.7 Å². The van der Waals surface area contributed by atoms with Crippen LogP contribution in [0.1, 0.15) is 9.75 Å². The van der Waals surface area contributed by atoms with E-state index in [4.69, 9.17) is 4.42 Å². The Hall–Kier alpha value is -2.77. The second-order valence-electron chi connectivity index (χ2n) is 6.99. The second-order valence-corrected chi connectivity index (χ2v) is 11.2. The third-order valence-electron chi connectivity index (χ3n) is 4.94. The molecule has 0 bridgehead atoms. The van der Waals surface area contributed by atoms with E-state index in [-0.39, 0.29) is 5.63 Å². The minimum Gasteiger partial charge on any atom is -0.422 e. The van der Waals surface area contributed by atoms with Gasteiger partial charge in [0.25, 0.3) is 0 Å². The molecule has 0 aliphatic carbocycles. The molecule has 0 aliphatic rings. The van der Waals surface area contributed by atoms with Crippen LogP contribution in [0.15, 0.2) is 81.3 Å². The Balaban J connectivity index is 1.31. The summed E-state index contributed by atoms with van der Waals surface area (Å²) in [6, 6.07) is 22.4. The molecule has 0 aliphatic heterocycles.